The number of nitrogens with zero attached hydrogens (tertiary/aromatic N) is 2. The highest BCUT2D eigenvalue weighted by atomic mass is 16.5. The van der Waals surface area contributed by atoms with E-state index in [1.807, 2.05) is 38.1 Å². The van der Waals surface area contributed by atoms with Gasteiger partial charge in [-0.05, 0) is 65.3 Å². The summed E-state index contributed by atoms with van der Waals surface area (Å²) in [5.41, 5.74) is 4.26. The number of rotatable bonds is 11. The van der Waals surface area contributed by atoms with Gasteiger partial charge in [-0.2, -0.15) is 0 Å². The van der Waals surface area contributed by atoms with Crippen LogP contribution in [0, 0.1) is 0 Å². The molecular weight excluding hydrogens is 372 g/mol. The summed E-state index contributed by atoms with van der Waals surface area (Å²) in [6.45, 7) is 12.9. The Bertz CT molecular complexity index is 786. The van der Waals surface area contributed by atoms with Crippen molar-refractivity contribution in [3.05, 3.63) is 84.0 Å². The quantitative estimate of drug-likeness (QED) is 0.458. The lowest BCUT2D eigenvalue weighted by atomic mass is 9.90. The number of benzene rings is 2. The van der Waals surface area contributed by atoms with Crippen molar-refractivity contribution in [3.63, 3.8) is 0 Å². The van der Waals surface area contributed by atoms with Crippen molar-refractivity contribution in [1.29, 1.82) is 0 Å². The molecule has 2 aromatic rings. The fourth-order valence-electron chi connectivity index (χ4n) is 3.58. The number of para-hydroxylation sites is 2. The van der Waals surface area contributed by atoms with Crippen LogP contribution in [0.2, 0.25) is 0 Å². The second-order valence-electron chi connectivity index (χ2n) is 8.38. The molecule has 2 rings (SSSR count). The minimum Gasteiger partial charge on any atom is -0.489 e. The summed E-state index contributed by atoms with van der Waals surface area (Å²) < 4.78 is 12.2. The van der Waals surface area contributed by atoms with Crippen molar-refractivity contribution in [1.82, 2.24) is 9.80 Å². The SMILES string of the molecule is C=C(C)COc1ccccc1C(C(c1ccccc1OCC(=C)C)N(C)C)N(C)C. The van der Waals surface area contributed by atoms with Crippen molar-refractivity contribution in [3.8, 4) is 11.5 Å². The minimum atomic E-state index is 0.0518. The Morgan fingerprint density at radius 3 is 1.33 bits per heavy atom. The maximum atomic E-state index is 6.12. The molecule has 0 heterocycles. The van der Waals surface area contributed by atoms with Crippen LogP contribution in [0.4, 0.5) is 0 Å². The summed E-state index contributed by atoms with van der Waals surface area (Å²) in [4.78, 5) is 4.48. The summed E-state index contributed by atoms with van der Waals surface area (Å²) in [5.74, 6) is 1.76. The van der Waals surface area contributed by atoms with Crippen LogP contribution in [0.3, 0.4) is 0 Å². The number of ether oxygens (including phenoxy) is 2. The predicted molar refractivity (Wildman–Crippen MR) is 126 cm³/mol. The van der Waals surface area contributed by atoms with E-state index in [0.717, 1.165) is 33.8 Å². The van der Waals surface area contributed by atoms with Crippen LogP contribution in [0.5, 0.6) is 11.5 Å². The van der Waals surface area contributed by atoms with Crippen LogP contribution in [0.25, 0.3) is 0 Å². The Morgan fingerprint density at radius 1 is 0.700 bits per heavy atom. The minimum absolute atomic E-state index is 0.0518. The van der Waals surface area contributed by atoms with Gasteiger partial charge in [-0.3, -0.25) is 0 Å². The molecule has 0 radical (unpaired) electrons. The van der Waals surface area contributed by atoms with Crippen molar-refractivity contribution in [2.45, 2.75) is 25.9 Å². The monoisotopic (exact) mass is 408 g/mol. The number of likely N-dealkylation sites (N-methyl/N-ethyl adjacent to an activating group) is 2. The summed E-state index contributed by atoms with van der Waals surface area (Å²) in [6, 6.07) is 16.6. The number of hydrogen-bond donors (Lipinski definition) is 0. The van der Waals surface area contributed by atoms with E-state index in [0.29, 0.717) is 13.2 Å². The van der Waals surface area contributed by atoms with Gasteiger partial charge in [0, 0.05) is 11.1 Å². The Morgan fingerprint density at radius 2 is 1.03 bits per heavy atom. The van der Waals surface area contributed by atoms with Crippen molar-refractivity contribution >= 4 is 0 Å². The molecule has 0 aromatic heterocycles. The maximum Gasteiger partial charge on any atom is 0.124 e. The lowest BCUT2D eigenvalue weighted by Gasteiger charge is -2.38. The van der Waals surface area contributed by atoms with Crippen LogP contribution >= 0.6 is 0 Å². The van der Waals surface area contributed by atoms with E-state index in [1.54, 1.807) is 0 Å². The van der Waals surface area contributed by atoms with Gasteiger partial charge in [0.25, 0.3) is 0 Å². The first kappa shape index (κ1) is 23.7. The Hall–Kier alpha value is -2.56. The van der Waals surface area contributed by atoms with Crippen LogP contribution in [0.15, 0.2) is 72.8 Å². The molecule has 162 valence electrons. The predicted octanol–water partition coefficient (Wildman–Crippen LogP) is 5.50. The molecule has 0 aliphatic heterocycles. The van der Waals surface area contributed by atoms with Gasteiger partial charge in [0.2, 0.25) is 0 Å². The second kappa shape index (κ2) is 11.0. The van der Waals surface area contributed by atoms with E-state index in [9.17, 15) is 0 Å². The molecular formula is C26H36N2O2. The summed E-state index contributed by atoms with van der Waals surface area (Å²) in [7, 11) is 8.42. The van der Waals surface area contributed by atoms with Gasteiger partial charge >= 0.3 is 0 Å². The summed E-state index contributed by atoms with van der Waals surface area (Å²) in [6.07, 6.45) is 0. The standard InChI is InChI=1S/C26H36N2O2/c1-19(2)17-29-23-15-11-9-13-21(23)25(27(5)6)26(28(7)8)22-14-10-12-16-24(22)30-18-20(3)4/h9-16,25-26H,1,3,17-18H2,2,4-8H3. The van der Waals surface area contributed by atoms with E-state index in [-0.39, 0.29) is 12.1 Å². The molecule has 4 nitrogen and oxygen atoms in total. The van der Waals surface area contributed by atoms with Crippen LogP contribution in [-0.4, -0.2) is 51.2 Å². The molecule has 0 aliphatic rings. The molecule has 2 unspecified atom stereocenters. The molecule has 0 N–H and O–H groups in total. The van der Waals surface area contributed by atoms with Crippen molar-refractivity contribution in [2.75, 3.05) is 41.4 Å². The maximum absolute atomic E-state index is 6.12. The highest BCUT2D eigenvalue weighted by molar-refractivity contribution is 5.42. The topological polar surface area (TPSA) is 24.9 Å². The fourth-order valence-corrected chi connectivity index (χ4v) is 3.58. The third-order valence-corrected chi connectivity index (χ3v) is 4.84. The van der Waals surface area contributed by atoms with Crippen molar-refractivity contribution < 1.29 is 9.47 Å². The van der Waals surface area contributed by atoms with Gasteiger partial charge in [0.1, 0.15) is 24.7 Å². The molecule has 0 aliphatic carbocycles. The Labute approximate surface area is 182 Å². The molecule has 0 bridgehead atoms. The van der Waals surface area contributed by atoms with E-state index in [4.69, 9.17) is 9.47 Å². The molecule has 0 saturated carbocycles. The first-order valence-electron chi connectivity index (χ1n) is 10.3. The normalized spacial score (nSPS) is 13.2. The fraction of sp³-hybridized carbons (Fsp3) is 0.385. The third kappa shape index (κ3) is 6.22. The molecule has 4 heteroatoms. The molecule has 0 amide bonds. The Kier molecular flexibility index (Phi) is 8.70. The Balaban J connectivity index is 2.54. The van der Waals surface area contributed by atoms with E-state index >= 15 is 0 Å². The summed E-state index contributed by atoms with van der Waals surface area (Å²) >= 11 is 0. The van der Waals surface area contributed by atoms with Crippen molar-refractivity contribution in [2.24, 2.45) is 0 Å². The lowest BCUT2D eigenvalue weighted by molar-refractivity contribution is 0.145. The molecule has 0 fully saturated rings. The van der Waals surface area contributed by atoms with Gasteiger partial charge in [-0.1, -0.05) is 49.6 Å². The largest absolute Gasteiger partial charge is 0.489 e. The smallest absolute Gasteiger partial charge is 0.124 e. The third-order valence-electron chi connectivity index (χ3n) is 4.84. The van der Waals surface area contributed by atoms with Gasteiger partial charge in [-0.25, -0.2) is 0 Å². The van der Waals surface area contributed by atoms with Gasteiger partial charge in [0.15, 0.2) is 0 Å². The molecule has 0 spiro atoms. The first-order valence-corrected chi connectivity index (χ1v) is 10.3. The lowest BCUT2D eigenvalue weighted by Crippen LogP contribution is -2.35. The zero-order valence-corrected chi connectivity index (χ0v) is 19.3. The average molecular weight is 409 g/mol. The molecule has 30 heavy (non-hydrogen) atoms. The number of hydrogen-bond acceptors (Lipinski definition) is 4. The summed E-state index contributed by atoms with van der Waals surface area (Å²) in [5, 5.41) is 0. The molecule has 0 saturated heterocycles. The van der Waals surface area contributed by atoms with E-state index < -0.39 is 0 Å². The van der Waals surface area contributed by atoms with Crippen LogP contribution in [0.1, 0.15) is 37.1 Å². The molecule has 2 atom stereocenters. The zero-order valence-electron chi connectivity index (χ0n) is 19.3. The van der Waals surface area contributed by atoms with E-state index in [2.05, 4.69) is 75.4 Å². The highest BCUT2D eigenvalue weighted by Crippen LogP contribution is 2.43. The second-order valence-corrected chi connectivity index (χ2v) is 8.38. The first-order chi connectivity index (χ1) is 14.2. The van der Waals surface area contributed by atoms with E-state index in [1.165, 1.54) is 0 Å². The van der Waals surface area contributed by atoms with Crippen LogP contribution in [-0.2, 0) is 0 Å². The highest BCUT2D eigenvalue weighted by Gasteiger charge is 2.32. The van der Waals surface area contributed by atoms with Gasteiger partial charge < -0.3 is 19.3 Å². The van der Waals surface area contributed by atoms with Crippen LogP contribution < -0.4 is 9.47 Å². The zero-order chi connectivity index (χ0) is 22.3. The molecule has 2 aromatic carbocycles. The average Bonchev–Trinajstić information content (AvgIpc) is 2.69. The van der Waals surface area contributed by atoms with Gasteiger partial charge in [-0.15, -0.1) is 0 Å². The van der Waals surface area contributed by atoms with Gasteiger partial charge in [0.05, 0.1) is 12.1 Å².